The van der Waals surface area contributed by atoms with Gasteiger partial charge in [0.1, 0.15) is 5.82 Å². The van der Waals surface area contributed by atoms with Crippen LogP contribution in [0.25, 0.3) is 0 Å². The number of carbonyl (C=O) groups is 2. The van der Waals surface area contributed by atoms with Crippen molar-refractivity contribution in [3.8, 4) is 0 Å². The van der Waals surface area contributed by atoms with Crippen molar-refractivity contribution < 1.29 is 14.0 Å². The zero-order chi connectivity index (χ0) is 20.8. The van der Waals surface area contributed by atoms with Gasteiger partial charge in [-0.05, 0) is 66.8 Å². The SMILES string of the molecule is O=C(NC(=S)Nc1cccc(NC(=O)c2ccccc2Cl)c1)c1ccc(F)cc1. The highest BCUT2D eigenvalue weighted by Crippen LogP contribution is 2.19. The number of thiocarbonyl (C=S) groups is 1. The molecule has 0 saturated carbocycles. The molecule has 29 heavy (non-hydrogen) atoms. The van der Waals surface area contributed by atoms with Crippen LogP contribution in [0.5, 0.6) is 0 Å². The van der Waals surface area contributed by atoms with E-state index in [4.69, 9.17) is 23.8 Å². The molecule has 3 rings (SSSR count). The van der Waals surface area contributed by atoms with Gasteiger partial charge in [-0.3, -0.25) is 14.9 Å². The third-order valence-electron chi connectivity index (χ3n) is 3.83. The molecule has 3 aromatic rings. The van der Waals surface area contributed by atoms with Gasteiger partial charge in [0, 0.05) is 16.9 Å². The summed E-state index contributed by atoms with van der Waals surface area (Å²) in [5, 5.41) is 8.55. The van der Waals surface area contributed by atoms with Gasteiger partial charge in [0.25, 0.3) is 11.8 Å². The molecule has 0 atom stereocenters. The highest BCUT2D eigenvalue weighted by atomic mass is 35.5. The van der Waals surface area contributed by atoms with E-state index >= 15 is 0 Å². The van der Waals surface area contributed by atoms with Crippen LogP contribution < -0.4 is 16.0 Å². The minimum Gasteiger partial charge on any atom is -0.332 e. The average molecular weight is 428 g/mol. The number of rotatable bonds is 4. The van der Waals surface area contributed by atoms with E-state index in [0.29, 0.717) is 22.0 Å². The van der Waals surface area contributed by atoms with E-state index in [1.807, 2.05) is 0 Å². The molecule has 0 radical (unpaired) electrons. The minimum absolute atomic E-state index is 0.0638. The molecule has 8 heteroatoms. The van der Waals surface area contributed by atoms with Crippen LogP contribution in [0.2, 0.25) is 5.02 Å². The fraction of sp³-hybridized carbons (Fsp3) is 0. The van der Waals surface area contributed by atoms with Crippen LogP contribution >= 0.6 is 23.8 Å². The lowest BCUT2D eigenvalue weighted by Crippen LogP contribution is -2.34. The van der Waals surface area contributed by atoms with E-state index in [-0.39, 0.29) is 16.6 Å². The summed E-state index contributed by atoms with van der Waals surface area (Å²) < 4.78 is 13.0. The summed E-state index contributed by atoms with van der Waals surface area (Å²) in [5.41, 5.74) is 1.71. The van der Waals surface area contributed by atoms with Crippen LogP contribution in [-0.2, 0) is 0 Å². The Bertz CT molecular complexity index is 1070. The normalized spacial score (nSPS) is 10.1. The van der Waals surface area contributed by atoms with E-state index < -0.39 is 11.7 Å². The molecule has 0 fully saturated rings. The molecule has 3 aromatic carbocycles. The standard InChI is InChI=1S/C21H15ClFN3O2S/c22-18-7-2-1-6-17(18)20(28)24-15-4-3-5-16(12-15)25-21(29)26-19(27)13-8-10-14(23)11-9-13/h1-12H,(H,24,28)(H2,25,26,27,29). The molecule has 146 valence electrons. The second-order valence-electron chi connectivity index (χ2n) is 5.93. The molecule has 3 N–H and O–H groups in total. The van der Waals surface area contributed by atoms with Gasteiger partial charge in [0.2, 0.25) is 0 Å². The first-order valence-electron chi connectivity index (χ1n) is 8.46. The quantitative estimate of drug-likeness (QED) is 0.520. The van der Waals surface area contributed by atoms with Crippen molar-refractivity contribution in [2.75, 3.05) is 10.6 Å². The van der Waals surface area contributed by atoms with Crippen molar-refractivity contribution in [1.82, 2.24) is 5.32 Å². The van der Waals surface area contributed by atoms with E-state index in [9.17, 15) is 14.0 Å². The Morgan fingerprint density at radius 1 is 0.828 bits per heavy atom. The van der Waals surface area contributed by atoms with E-state index in [1.165, 1.54) is 24.3 Å². The Morgan fingerprint density at radius 3 is 2.17 bits per heavy atom. The first-order chi connectivity index (χ1) is 13.9. The van der Waals surface area contributed by atoms with Crippen LogP contribution in [0, 0.1) is 5.82 Å². The molecule has 0 heterocycles. The van der Waals surface area contributed by atoms with Crippen molar-refractivity contribution in [1.29, 1.82) is 0 Å². The molecular weight excluding hydrogens is 413 g/mol. The van der Waals surface area contributed by atoms with Crippen molar-refractivity contribution in [3.63, 3.8) is 0 Å². The number of halogens is 2. The van der Waals surface area contributed by atoms with Gasteiger partial charge in [-0.25, -0.2) is 4.39 Å². The summed E-state index contributed by atoms with van der Waals surface area (Å²) in [6.07, 6.45) is 0. The first kappa shape index (κ1) is 20.4. The lowest BCUT2D eigenvalue weighted by molar-refractivity contribution is 0.0976. The maximum absolute atomic E-state index is 13.0. The van der Waals surface area contributed by atoms with Crippen molar-refractivity contribution >= 4 is 52.1 Å². The predicted octanol–water partition coefficient (Wildman–Crippen LogP) is 4.86. The van der Waals surface area contributed by atoms with Crippen LogP contribution in [0.15, 0.2) is 72.8 Å². The van der Waals surface area contributed by atoms with E-state index in [1.54, 1.807) is 48.5 Å². The Kier molecular flexibility index (Phi) is 6.54. The Labute approximate surface area is 176 Å². The summed E-state index contributed by atoms with van der Waals surface area (Å²) >= 11 is 11.2. The minimum atomic E-state index is -0.467. The fourth-order valence-corrected chi connectivity index (χ4v) is 2.89. The molecule has 5 nitrogen and oxygen atoms in total. The fourth-order valence-electron chi connectivity index (χ4n) is 2.46. The van der Waals surface area contributed by atoms with Crippen molar-refractivity contribution in [2.24, 2.45) is 0 Å². The van der Waals surface area contributed by atoms with Crippen LogP contribution in [0.4, 0.5) is 15.8 Å². The summed E-state index contributed by atoms with van der Waals surface area (Å²) in [6, 6.07) is 18.6. The molecule has 0 spiro atoms. The van der Waals surface area contributed by atoms with Gasteiger partial charge >= 0.3 is 0 Å². The summed E-state index contributed by atoms with van der Waals surface area (Å²) in [5.74, 6) is -1.25. The van der Waals surface area contributed by atoms with E-state index in [0.717, 1.165) is 0 Å². The number of hydrogen-bond acceptors (Lipinski definition) is 3. The molecular formula is C21H15ClFN3O2S. The molecule has 0 saturated heterocycles. The number of benzene rings is 3. The second-order valence-corrected chi connectivity index (χ2v) is 6.75. The Hall–Kier alpha value is -3.29. The molecule has 0 unspecified atom stereocenters. The lowest BCUT2D eigenvalue weighted by Gasteiger charge is -2.12. The largest absolute Gasteiger partial charge is 0.332 e. The topological polar surface area (TPSA) is 70.2 Å². The zero-order valence-corrected chi connectivity index (χ0v) is 16.5. The van der Waals surface area contributed by atoms with Gasteiger partial charge in [0.05, 0.1) is 10.6 Å². The third kappa shape index (κ3) is 5.60. The van der Waals surface area contributed by atoms with Gasteiger partial charge in [0.15, 0.2) is 5.11 Å². The van der Waals surface area contributed by atoms with Crippen LogP contribution in [0.3, 0.4) is 0 Å². The van der Waals surface area contributed by atoms with Gasteiger partial charge in [-0.2, -0.15) is 0 Å². The highest BCUT2D eigenvalue weighted by molar-refractivity contribution is 7.80. The highest BCUT2D eigenvalue weighted by Gasteiger charge is 2.11. The summed E-state index contributed by atoms with van der Waals surface area (Å²) in [4.78, 5) is 24.5. The molecule has 0 aliphatic heterocycles. The molecule has 2 amide bonds. The lowest BCUT2D eigenvalue weighted by atomic mass is 10.2. The maximum atomic E-state index is 13.0. The Morgan fingerprint density at radius 2 is 1.48 bits per heavy atom. The van der Waals surface area contributed by atoms with Gasteiger partial charge in [-0.15, -0.1) is 0 Å². The van der Waals surface area contributed by atoms with Crippen LogP contribution in [-0.4, -0.2) is 16.9 Å². The molecule has 0 bridgehead atoms. The van der Waals surface area contributed by atoms with Crippen molar-refractivity contribution in [2.45, 2.75) is 0 Å². The average Bonchev–Trinajstić information content (AvgIpc) is 2.69. The van der Waals surface area contributed by atoms with E-state index in [2.05, 4.69) is 16.0 Å². The second kappa shape index (κ2) is 9.27. The third-order valence-corrected chi connectivity index (χ3v) is 4.36. The number of carbonyl (C=O) groups excluding carboxylic acids is 2. The zero-order valence-electron chi connectivity index (χ0n) is 14.9. The van der Waals surface area contributed by atoms with Gasteiger partial charge < -0.3 is 10.6 Å². The number of amides is 2. The Balaban J connectivity index is 1.62. The summed E-state index contributed by atoms with van der Waals surface area (Å²) in [6.45, 7) is 0. The molecule has 0 aliphatic carbocycles. The number of anilines is 2. The van der Waals surface area contributed by atoms with Gasteiger partial charge in [-0.1, -0.05) is 29.8 Å². The maximum Gasteiger partial charge on any atom is 0.257 e. The smallest absolute Gasteiger partial charge is 0.257 e. The first-order valence-corrected chi connectivity index (χ1v) is 9.25. The van der Waals surface area contributed by atoms with Crippen molar-refractivity contribution in [3.05, 3.63) is 94.8 Å². The monoisotopic (exact) mass is 427 g/mol. The van der Waals surface area contributed by atoms with Crippen LogP contribution in [0.1, 0.15) is 20.7 Å². The molecule has 0 aliphatic rings. The predicted molar refractivity (Wildman–Crippen MR) is 116 cm³/mol. The number of hydrogen-bond donors (Lipinski definition) is 3. The molecule has 0 aromatic heterocycles. The summed E-state index contributed by atoms with van der Waals surface area (Å²) in [7, 11) is 0. The number of nitrogens with one attached hydrogen (secondary N) is 3.